The molecule has 1 aliphatic heterocycles. The molecule has 6 heteroatoms. The van der Waals surface area contributed by atoms with Gasteiger partial charge in [-0.2, -0.15) is 0 Å². The van der Waals surface area contributed by atoms with Crippen LogP contribution >= 0.6 is 0 Å². The van der Waals surface area contributed by atoms with Crippen molar-refractivity contribution in [3.05, 3.63) is 12.7 Å². The fourth-order valence-corrected chi connectivity index (χ4v) is 4.23. The van der Waals surface area contributed by atoms with Crippen LogP contribution in [0.1, 0.15) is 13.3 Å². The maximum absolute atomic E-state index is 12.1. The third-order valence-corrected chi connectivity index (χ3v) is 5.02. The van der Waals surface area contributed by atoms with Crippen molar-refractivity contribution in [3.8, 4) is 0 Å². The maximum Gasteiger partial charge on any atom is 0.330 e. The van der Waals surface area contributed by atoms with Crippen LogP contribution in [0.2, 0.25) is 0 Å². The molecule has 6 atom stereocenters. The van der Waals surface area contributed by atoms with Gasteiger partial charge in [-0.3, -0.25) is 9.59 Å². The van der Waals surface area contributed by atoms with Crippen LogP contribution in [0.5, 0.6) is 0 Å². The molecule has 6 nitrogen and oxygen atoms in total. The van der Waals surface area contributed by atoms with Crippen LogP contribution in [-0.2, 0) is 28.6 Å². The zero-order chi connectivity index (χ0) is 14.7. The zero-order valence-electron chi connectivity index (χ0n) is 11.3. The number of carbonyl (C=O) groups is 3. The van der Waals surface area contributed by atoms with Crippen molar-refractivity contribution in [3.63, 3.8) is 0 Å². The first kappa shape index (κ1) is 13.1. The fraction of sp³-hybridized carbons (Fsp3) is 0.643. The van der Waals surface area contributed by atoms with Gasteiger partial charge < -0.3 is 14.2 Å². The normalized spacial score (nSPS) is 44.1. The van der Waals surface area contributed by atoms with Crippen LogP contribution in [0, 0.1) is 23.7 Å². The van der Waals surface area contributed by atoms with Crippen molar-refractivity contribution in [1.82, 2.24) is 0 Å². The van der Waals surface area contributed by atoms with E-state index in [1.807, 2.05) is 6.92 Å². The Kier molecular flexibility index (Phi) is 2.68. The largest absolute Gasteiger partial charge is 0.469 e. The summed E-state index contributed by atoms with van der Waals surface area (Å²) in [6.07, 6.45) is 1.23. The third kappa shape index (κ3) is 1.36. The van der Waals surface area contributed by atoms with E-state index in [1.54, 1.807) is 0 Å². The lowest BCUT2D eigenvalue weighted by atomic mass is 9.72. The van der Waals surface area contributed by atoms with Gasteiger partial charge in [0.1, 0.15) is 17.6 Å². The van der Waals surface area contributed by atoms with E-state index in [-0.39, 0.29) is 17.9 Å². The second kappa shape index (κ2) is 4.07. The molecular weight excluding hydrogens is 264 g/mol. The number of rotatable bonds is 3. The number of hydrogen-bond donors (Lipinski definition) is 0. The molecule has 3 aliphatic rings. The van der Waals surface area contributed by atoms with Gasteiger partial charge in [-0.05, 0) is 6.42 Å². The molecule has 2 aliphatic carbocycles. The third-order valence-electron chi connectivity index (χ3n) is 5.02. The molecule has 108 valence electrons. The molecule has 1 saturated heterocycles. The first-order valence-electron chi connectivity index (χ1n) is 6.60. The molecule has 0 radical (unpaired) electrons. The average Bonchev–Trinajstić information content (AvgIpc) is 2.98. The molecule has 2 bridgehead atoms. The number of hydrogen-bond acceptors (Lipinski definition) is 6. The first-order valence-corrected chi connectivity index (χ1v) is 6.60. The van der Waals surface area contributed by atoms with Crippen LogP contribution in [0.25, 0.3) is 0 Å². The molecule has 0 amide bonds. The summed E-state index contributed by atoms with van der Waals surface area (Å²) in [5, 5.41) is 0. The van der Waals surface area contributed by atoms with Gasteiger partial charge in [0.25, 0.3) is 0 Å². The van der Waals surface area contributed by atoms with Crippen molar-refractivity contribution < 1.29 is 28.6 Å². The molecule has 20 heavy (non-hydrogen) atoms. The molecule has 0 aromatic carbocycles. The predicted octanol–water partition coefficient (Wildman–Crippen LogP) is 0.455. The quantitative estimate of drug-likeness (QED) is 0.424. The Bertz CT molecular complexity index is 512. The number of fused-ring (bicyclic) bond motifs is 1. The number of esters is 3. The molecule has 0 aromatic heterocycles. The van der Waals surface area contributed by atoms with E-state index in [2.05, 4.69) is 6.58 Å². The SMILES string of the molecule is C=CC(=O)OC12CC3C(OC(=O)C3C1C(=O)OC)C2C. The summed E-state index contributed by atoms with van der Waals surface area (Å²) in [6.45, 7) is 5.22. The highest BCUT2D eigenvalue weighted by Gasteiger charge is 2.76. The van der Waals surface area contributed by atoms with Crippen molar-refractivity contribution in [2.45, 2.75) is 25.0 Å². The van der Waals surface area contributed by atoms with Crippen molar-refractivity contribution in [1.29, 1.82) is 0 Å². The Balaban J connectivity index is 2.05. The van der Waals surface area contributed by atoms with Crippen LogP contribution in [-0.4, -0.2) is 36.7 Å². The summed E-state index contributed by atoms with van der Waals surface area (Å²) in [7, 11) is 1.26. The monoisotopic (exact) mass is 280 g/mol. The fourth-order valence-electron chi connectivity index (χ4n) is 4.23. The van der Waals surface area contributed by atoms with Gasteiger partial charge in [0.05, 0.1) is 13.0 Å². The molecule has 1 heterocycles. The highest BCUT2D eigenvalue weighted by molar-refractivity contribution is 5.88. The second-order valence-electron chi connectivity index (χ2n) is 5.66. The van der Waals surface area contributed by atoms with Crippen LogP contribution in [0.3, 0.4) is 0 Å². The lowest BCUT2D eigenvalue weighted by Crippen LogP contribution is -2.52. The Morgan fingerprint density at radius 1 is 1.50 bits per heavy atom. The summed E-state index contributed by atoms with van der Waals surface area (Å²) >= 11 is 0. The molecule has 3 fully saturated rings. The Morgan fingerprint density at radius 3 is 2.80 bits per heavy atom. The summed E-state index contributed by atoms with van der Waals surface area (Å²) in [6, 6.07) is 0. The predicted molar refractivity (Wildman–Crippen MR) is 65.2 cm³/mol. The van der Waals surface area contributed by atoms with Gasteiger partial charge >= 0.3 is 17.9 Å². The minimum atomic E-state index is -1.02. The van der Waals surface area contributed by atoms with Gasteiger partial charge in [-0.15, -0.1) is 0 Å². The molecule has 0 spiro atoms. The summed E-state index contributed by atoms with van der Waals surface area (Å²) in [5.74, 6) is -3.19. The van der Waals surface area contributed by atoms with Crippen LogP contribution < -0.4 is 0 Å². The van der Waals surface area contributed by atoms with Crippen LogP contribution in [0.15, 0.2) is 12.7 Å². The topological polar surface area (TPSA) is 78.9 Å². The lowest BCUT2D eigenvalue weighted by molar-refractivity contribution is -0.177. The minimum absolute atomic E-state index is 0.0841. The van der Waals surface area contributed by atoms with Crippen molar-refractivity contribution in [2.75, 3.05) is 7.11 Å². The summed E-state index contributed by atoms with van der Waals surface area (Å²) in [4.78, 5) is 35.7. The van der Waals surface area contributed by atoms with E-state index in [9.17, 15) is 14.4 Å². The highest BCUT2D eigenvalue weighted by Crippen LogP contribution is 2.64. The van der Waals surface area contributed by atoms with E-state index in [1.165, 1.54) is 7.11 Å². The van der Waals surface area contributed by atoms with Crippen molar-refractivity contribution in [2.24, 2.45) is 23.7 Å². The van der Waals surface area contributed by atoms with Gasteiger partial charge in [0.2, 0.25) is 0 Å². The molecule has 2 saturated carbocycles. The molecule has 0 aromatic rings. The highest BCUT2D eigenvalue weighted by atomic mass is 16.6. The molecule has 6 unspecified atom stereocenters. The van der Waals surface area contributed by atoms with E-state index >= 15 is 0 Å². The Hall–Kier alpha value is -1.85. The number of methoxy groups -OCH3 is 1. The van der Waals surface area contributed by atoms with Gasteiger partial charge in [-0.1, -0.05) is 13.5 Å². The molecule has 0 N–H and O–H groups in total. The number of ether oxygens (including phenoxy) is 3. The molecule has 3 rings (SSSR count). The summed E-state index contributed by atoms with van der Waals surface area (Å²) < 4.78 is 15.7. The van der Waals surface area contributed by atoms with E-state index in [0.29, 0.717) is 6.42 Å². The second-order valence-corrected chi connectivity index (χ2v) is 5.66. The van der Waals surface area contributed by atoms with Crippen molar-refractivity contribution >= 4 is 17.9 Å². The van der Waals surface area contributed by atoms with E-state index < -0.39 is 35.3 Å². The standard InChI is InChI=1S/C14H16O6/c1-4-8(15)20-14-5-7-9(10(14)13(17)18-3)12(16)19-11(7)6(14)2/h4,6-7,9-11H,1,5H2,2-3H3. The zero-order valence-corrected chi connectivity index (χ0v) is 11.3. The van der Waals surface area contributed by atoms with Gasteiger partial charge in [0, 0.05) is 17.9 Å². The Labute approximate surface area is 116 Å². The lowest BCUT2D eigenvalue weighted by Gasteiger charge is -2.38. The Morgan fingerprint density at radius 2 is 2.20 bits per heavy atom. The maximum atomic E-state index is 12.1. The summed E-state index contributed by atoms with van der Waals surface area (Å²) in [5.41, 5.74) is -1.02. The average molecular weight is 280 g/mol. The number of carbonyl (C=O) groups excluding carboxylic acids is 3. The minimum Gasteiger partial charge on any atom is -0.469 e. The molecular formula is C14H16O6. The first-order chi connectivity index (χ1) is 9.46. The smallest absolute Gasteiger partial charge is 0.330 e. The van der Waals surface area contributed by atoms with Gasteiger partial charge in [0.15, 0.2) is 0 Å². The van der Waals surface area contributed by atoms with Crippen LogP contribution in [0.4, 0.5) is 0 Å². The van der Waals surface area contributed by atoms with E-state index in [4.69, 9.17) is 14.2 Å². The van der Waals surface area contributed by atoms with Gasteiger partial charge in [-0.25, -0.2) is 4.79 Å². The van der Waals surface area contributed by atoms with E-state index in [0.717, 1.165) is 6.08 Å².